The van der Waals surface area contributed by atoms with Gasteiger partial charge in [0.25, 0.3) is 0 Å². The summed E-state index contributed by atoms with van der Waals surface area (Å²) in [5.74, 6) is 0.108. The Morgan fingerprint density at radius 1 is 1.39 bits per heavy atom. The molecule has 0 aromatic heterocycles. The standard InChI is InChI=1S/C14H23N3O/c1-11(2)17(8-5-9-18)10-12-6-3-4-7-13(12)14(15)16/h3-4,6-7,11,18H,5,8-10H2,1-2H3,(H3,15,16). The van der Waals surface area contributed by atoms with Crippen LogP contribution >= 0.6 is 0 Å². The van der Waals surface area contributed by atoms with Gasteiger partial charge in [0.1, 0.15) is 5.84 Å². The van der Waals surface area contributed by atoms with Crippen LogP contribution in [0, 0.1) is 5.41 Å². The maximum Gasteiger partial charge on any atom is 0.123 e. The lowest BCUT2D eigenvalue weighted by Gasteiger charge is -2.27. The molecule has 0 fully saturated rings. The fraction of sp³-hybridized carbons (Fsp3) is 0.500. The maximum absolute atomic E-state index is 8.93. The van der Waals surface area contributed by atoms with E-state index in [1.165, 1.54) is 0 Å². The van der Waals surface area contributed by atoms with Crippen molar-refractivity contribution in [2.45, 2.75) is 32.9 Å². The summed E-state index contributed by atoms with van der Waals surface area (Å²) in [5.41, 5.74) is 7.46. The highest BCUT2D eigenvalue weighted by atomic mass is 16.3. The zero-order valence-corrected chi connectivity index (χ0v) is 11.2. The lowest BCUT2D eigenvalue weighted by molar-refractivity contribution is 0.185. The third-order valence-electron chi connectivity index (χ3n) is 3.01. The molecule has 1 rings (SSSR count). The number of hydrogen-bond acceptors (Lipinski definition) is 3. The monoisotopic (exact) mass is 249 g/mol. The van der Waals surface area contributed by atoms with Crippen molar-refractivity contribution in [2.75, 3.05) is 13.2 Å². The summed E-state index contributed by atoms with van der Waals surface area (Å²) in [6.07, 6.45) is 0.764. The molecule has 0 saturated heterocycles. The van der Waals surface area contributed by atoms with Crippen LogP contribution in [0.15, 0.2) is 24.3 Å². The molecule has 1 aromatic carbocycles. The fourth-order valence-electron chi connectivity index (χ4n) is 1.93. The first kappa shape index (κ1) is 14.7. The minimum absolute atomic E-state index is 0.108. The van der Waals surface area contributed by atoms with Crippen molar-refractivity contribution in [3.63, 3.8) is 0 Å². The van der Waals surface area contributed by atoms with Gasteiger partial charge in [-0.1, -0.05) is 24.3 Å². The summed E-state index contributed by atoms with van der Waals surface area (Å²) in [7, 11) is 0. The molecule has 1 aromatic rings. The second-order valence-corrected chi connectivity index (χ2v) is 4.71. The number of nitrogens with two attached hydrogens (primary N) is 1. The second kappa shape index (κ2) is 7.13. The number of nitrogens with one attached hydrogen (secondary N) is 1. The zero-order valence-electron chi connectivity index (χ0n) is 11.2. The summed E-state index contributed by atoms with van der Waals surface area (Å²) in [4.78, 5) is 2.28. The van der Waals surface area contributed by atoms with E-state index < -0.39 is 0 Å². The fourth-order valence-corrected chi connectivity index (χ4v) is 1.93. The third kappa shape index (κ3) is 4.13. The van der Waals surface area contributed by atoms with Crippen LogP contribution in [-0.2, 0) is 6.54 Å². The van der Waals surface area contributed by atoms with Gasteiger partial charge in [-0.25, -0.2) is 0 Å². The number of hydrogen-bond donors (Lipinski definition) is 3. The lowest BCUT2D eigenvalue weighted by Crippen LogP contribution is -2.32. The zero-order chi connectivity index (χ0) is 13.5. The molecule has 4 heteroatoms. The van der Waals surface area contributed by atoms with Crippen molar-refractivity contribution in [3.8, 4) is 0 Å². The highest BCUT2D eigenvalue weighted by Gasteiger charge is 2.12. The molecule has 0 atom stereocenters. The van der Waals surface area contributed by atoms with E-state index >= 15 is 0 Å². The molecular weight excluding hydrogens is 226 g/mol. The summed E-state index contributed by atoms with van der Waals surface area (Å²) in [5, 5.41) is 16.5. The number of nitrogen functional groups attached to an aromatic ring is 1. The van der Waals surface area contributed by atoms with Crippen LogP contribution in [0.4, 0.5) is 0 Å². The predicted molar refractivity (Wildman–Crippen MR) is 74.7 cm³/mol. The number of benzene rings is 1. The lowest BCUT2D eigenvalue weighted by atomic mass is 10.1. The normalized spacial score (nSPS) is 11.2. The molecule has 100 valence electrons. The van der Waals surface area contributed by atoms with Gasteiger partial charge >= 0.3 is 0 Å². The van der Waals surface area contributed by atoms with Gasteiger partial charge in [-0.3, -0.25) is 10.3 Å². The van der Waals surface area contributed by atoms with E-state index in [1.54, 1.807) is 0 Å². The Morgan fingerprint density at radius 3 is 2.61 bits per heavy atom. The molecular formula is C14H23N3O. The van der Waals surface area contributed by atoms with Crippen LogP contribution in [0.2, 0.25) is 0 Å². The summed E-state index contributed by atoms with van der Waals surface area (Å²) < 4.78 is 0. The Labute approximate surface area is 109 Å². The molecule has 0 saturated carbocycles. The predicted octanol–water partition coefficient (Wildman–Crippen LogP) is 1.56. The number of rotatable bonds is 7. The molecule has 0 aliphatic heterocycles. The summed E-state index contributed by atoms with van der Waals surface area (Å²) >= 11 is 0. The van der Waals surface area contributed by atoms with Gasteiger partial charge in [-0.2, -0.15) is 0 Å². The Bertz CT molecular complexity index is 390. The van der Waals surface area contributed by atoms with Crippen molar-refractivity contribution >= 4 is 5.84 Å². The van der Waals surface area contributed by atoms with Crippen LogP contribution in [0.3, 0.4) is 0 Å². The molecule has 0 unspecified atom stereocenters. The van der Waals surface area contributed by atoms with Gasteiger partial charge in [0.05, 0.1) is 0 Å². The highest BCUT2D eigenvalue weighted by molar-refractivity contribution is 5.96. The van der Waals surface area contributed by atoms with Crippen LogP contribution in [0.25, 0.3) is 0 Å². The molecule has 0 bridgehead atoms. The largest absolute Gasteiger partial charge is 0.396 e. The minimum atomic E-state index is 0.108. The van der Waals surface area contributed by atoms with Gasteiger partial charge in [-0.05, 0) is 25.8 Å². The molecule has 18 heavy (non-hydrogen) atoms. The Morgan fingerprint density at radius 2 is 2.06 bits per heavy atom. The maximum atomic E-state index is 8.93. The Kier molecular flexibility index (Phi) is 5.82. The van der Waals surface area contributed by atoms with E-state index in [0.29, 0.717) is 6.04 Å². The first-order chi connectivity index (χ1) is 8.56. The Balaban J connectivity index is 2.83. The van der Waals surface area contributed by atoms with Crippen LogP contribution in [0.1, 0.15) is 31.4 Å². The van der Waals surface area contributed by atoms with Gasteiger partial charge in [0.15, 0.2) is 0 Å². The molecule has 0 amide bonds. The van der Waals surface area contributed by atoms with Crippen molar-refractivity contribution in [1.82, 2.24) is 4.90 Å². The van der Waals surface area contributed by atoms with Crippen LogP contribution < -0.4 is 5.73 Å². The van der Waals surface area contributed by atoms with Crippen molar-refractivity contribution in [1.29, 1.82) is 5.41 Å². The molecule has 0 radical (unpaired) electrons. The Hall–Kier alpha value is -1.39. The number of aliphatic hydroxyl groups excluding tert-OH is 1. The molecule has 0 aliphatic carbocycles. The van der Waals surface area contributed by atoms with Crippen molar-refractivity contribution in [2.24, 2.45) is 5.73 Å². The topological polar surface area (TPSA) is 73.3 Å². The van der Waals surface area contributed by atoms with Crippen molar-refractivity contribution < 1.29 is 5.11 Å². The summed E-state index contributed by atoms with van der Waals surface area (Å²) in [6.45, 7) is 6.08. The number of amidine groups is 1. The van der Waals surface area contributed by atoms with Crippen LogP contribution in [-0.4, -0.2) is 35.0 Å². The van der Waals surface area contributed by atoms with E-state index in [1.807, 2.05) is 24.3 Å². The van der Waals surface area contributed by atoms with E-state index in [9.17, 15) is 0 Å². The van der Waals surface area contributed by atoms with E-state index in [-0.39, 0.29) is 12.4 Å². The third-order valence-corrected chi connectivity index (χ3v) is 3.01. The molecule has 0 aliphatic rings. The first-order valence-corrected chi connectivity index (χ1v) is 6.33. The quantitative estimate of drug-likeness (QED) is 0.507. The van der Waals surface area contributed by atoms with E-state index in [4.69, 9.17) is 16.2 Å². The molecule has 0 spiro atoms. The van der Waals surface area contributed by atoms with Crippen molar-refractivity contribution in [3.05, 3.63) is 35.4 Å². The van der Waals surface area contributed by atoms with E-state index in [0.717, 1.165) is 30.6 Å². The first-order valence-electron chi connectivity index (χ1n) is 6.33. The molecule has 4 N–H and O–H groups in total. The highest BCUT2D eigenvalue weighted by Crippen LogP contribution is 2.13. The van der Waals surface area contributed by atoms with Gasteiger partial charge < -0.3 is 10.8 Å². The molecule has 4 nitrogen and oxygen atoms in total. The van der Waals surface area contributed by atoms with Gasteiger partial charge in [-0.15, -0.1) is 0 Å². The smallest absolute Gasteiger partial charge is 0.123 e. The average molecular weight is 249 g/mol. The minimum Gasteiger partial charge on any atom is -0.396 e. The number of aliphatic hydroxyl groups is 1. The van der Waals surface area contributed by atoms with Gasteiger partial charge in [0.2, 0.25) is 0 Å². The molecule has 0 heterocycles. The summed E-state index contributed by atoms with van der Waals surface area (Å²) in [6, 6.07) is 8.14. The number of nitrogens with zero attached hydrogens (tertiary/aromatic N) is 1. The second-order valence-electron chi connectivity index (χ2n) is 4.71. The van der Waals surface area contributed by atoms with Gasteiger partial charge in [0, 0.05) is 31.3 Å². The SMILES string of the molecule is CC(C)N(CCCO)Cc1ccccc1C(=N)N. The van der Waals surface area contributed by atoms with Crippen LogP contribution in [0.5, 0.6) is 0 Å². The van der Waals surface area contributed by atoms with E-state index in [2.05, 4.69) is 18.7 Å². The average Bonchev–Trinajstić information content (AvgIpc) is 2.34.